The fraction of sp³-hybridized carbons (Fsp3) is 0.267. The largest absolute Gasteiger partial charge is 0.287 e. The number of nitrogens with zero attached hydrogens (tertiary/aromatic N) is 3. The van der Waals surface area contributed by atoms with Gasteiger partial charge >= 0.3 is 0 Å². The van der Waals surface area contributed by atoms with Gasteiger partial charge in [0.1, 0.15) is 11.6 Å². The number of halogens is 1. The van der Waals surface area contributed by atoms with Gasteiger partial charge in [0.05, 0.1) is 5.69 Å². The third kappa shape index (κ3) is 3.20. The average molecular weight is 364 g/mol. The first-order valence-corrected chi connectivity index (χ1v) is 8.33. The maximum Gasteiger partial charge on any atom is 0.272 e. The lowest BCUT2D eigenvalue weighted by Crippen LogP contribution is -2.26. The van der Waals surface area contributed by atoms with E-state index in [2.05, 4.69) is 20.9 Å². The fourth-order valence-electron chi connectivity index (χ4n) is 1.97. The van der Waals surface area contributed by atoms with Crippen molar-refractivity contribution >= 4 is 27.7 Å². The molecular formula is C15H14BrN3OS. The molecule has 1 heterocycles. The van der Waals surface area contributed by atoms with E-state index in [0.29, 0.717) is 17.4 Å². The number of nitriles is 1. The Morgan fingerprint density at radius 1 is 1.33 bits per heavy atom. The van der Waals surface area contributed by atoms with Crippen molar-refractivity contribution in [1.29, 1.82) is 5.26 Å². The molecule has 0 aliphatic heterocycles. The van der Waals surface area contributed by atoms with E-state index in [1.807, 2.05) is 44.2 Å². The van der Waals surface area contributed by atoms with E-state index in [4.69, 9.17) is 0 Å². The van der Waals surface area contributed by atoms with Gasteiger partial charge in [0.2, 0.25) is 0 Å². The summed E-state index contributed by atoms with van der Waals surface area (Å²) in [5, 5.41) is 9.99. The molecule has 2 rings (SSSR count). The standard InChI is InChI=1S/C15H14BrN3OS/c1-3-19-14(20)12(9-17)13(18-15(19)21-4-2)10-5-7-11(16)8-6-10/h5-8H,3-4H2,1-2H3. The highest BCUT2D eigenvalue weighted by Gasteiger charge is 2.17. The van der Waals surface area contributed by atoms with Gasteiger partial charge in [-0.3, -0.25) is 9.36 Å². The van der Waals surface area contributed by atoms with Crippen molar-refractivity contribution in [2.45, 2.75) is 25.5 Å². The molecular weight excluding hydrogens is 350 g/mol. The highest BCUT2D eigenvalue weighted by molar-refractivity contribution is 9.10. The molecule has 0 fully saturated rings. The Labute approximate surface area is 136 Å². The summed E-state index contributed by atoms with van der Waals surface area (Å²) in [4.78, 5) is 17.0. The Hall–Kier alpha value is -1.58. The second-order valence-electron chi connectivity index (χ2n) is 4.22. The Balaban J connectivity index is 2.73. The maximum absolute atomic E-state index is 12.5. The Morgan fingerprint density at radius 2 is 2.00 bits per heavy atom. The van der Waals surface area contributed by atoms with E-state index >= 15 is 0 Å². The smallest absolute Gasteiger partial charge is 0.272 e. The van der Waals surface area contributed by atoms with Crippen LogP contribution in [-0.2, 0) is 6.54 Å². The third-order valence-electron chi connectivity index (χ3n) is 2.95. The average Bonchev–Trinajstić information content (AvgIpc) is 2.48. The molecule has 6 heteroatoms. The van der Waals surface area contributed by atoms with Crippen LogP contribution in [0.25, 0.3) is 11.3 Å². The van der Waals surface area contributed by atoms with E-state index in [1.165, 1.54) is 11.8 Å². The van der Waals surface area contributed by atoms with E-state index in [0.717, 1.165) is 15.8 Å². The summed E-state index contributed by atoms with van der Waals surface area (Å²) < 4.78 is 2.49. The van der Waals surface area contributed by atoms with Crippen LogP contribution in [0.4, 0.5) is 0 Å². The summed E-state index contributed by atoms with van der Waals surface area (Å²) >= 11 is 4.88. The van der Waals surface area contributed by atoms with Gasteiger partial charge in [-0.05, 0) is 24.8 Å². The molecule has 0 saturated heterocycles. The lowest BCUT2D eigenvalue weighted by molar-refractivity contribution is 0.622. The van der Waals surface area contributed by atoms with Crippen molar-refractivity contribution in [2.75, 3.05) is 5.75 Å². The monoisotopic (exact) mass is 363 g/mol. The van der Waals surface area contributed by atoms with Gasteiger partial charge < -0.3 is 0 Å². The summed E-state index contributed by atoms with van der Waals surface area (Å²) in [6.45, 7) is 4.39. The lowest BCUT2D eigenvalue weighted by atomic mass is 10.1. The molecule has 0 saturated carbocycles. The van der Waals surface area contributed by atoms with Crippen molar-refractivity contribution in [3.05, 3.63) is 44.7 Å². The highest BCUT2D eigenvalue weighted by Crippen LogP contribution is 2.24. The van der Waals surface area contributed by atoms with E-state index < -0.39 is 0 Å². The van der Waals surface area contributed by atoms with Gasteiger partial charge in [-0.25, -0.2) is 4.98 Å². The normalized spacial score (nSPS) is 10.4. The van der Waals surface area contributed by atoms with Gasteiger partial charge in [0.25, 0.3) is 5.56 Å². The lowest BCUT2D eigenvalue weighted by Gasteiger charge is -2.12. The first-order chi connectivity index (χ1) is 10.1. The Kier molecular flexibility index (Phi) is 5.21. The highest BCUT2D eigenvalue weighted by atomic mass is 79.9. The van der Waals surface area contributed by atoms with Gasteiger partial charge in [-0.1, -0.05) is 46.7 Å². The zero-order valence-corrected chi connectivity index (χ0v) is 14.2. The van der Waals surface area contributed by atoms with Gasteiger partial charge in [0.15, 0.2) is 5.16 Å². The van der Waals surface area contributed by atoms with Crippen LogP contribution in [0.3, 0.4) is 0 Å². The Bertz CT molecular complexity index is 747. The van der Waals surface area contributed by atoms with E-state index in [1.54, 1.807) is 4.57 Å². The van der Waals surface area contributed by atoms with E-state index in [-0.39, 0.29) is 11.1 Å². The minimum atomic E-state index is -0.274. The number of hydrogen-bond acceptors (Lipinski definition) is 4. The van der Waals surface area contributed by atoms with Crippen molar-refractivity contribution in [3.8, 4) is 17.3 Å². The maximum atomic E-state index is 12.5. The predicted molar refractivity (Wildman–Crippen MR) is 88.4 cm³/mol. The quantitative estimate of drug-likeness (QED) is 0.614. The molecule has 0 atom stereocenters. The molecule has 21 heavy (non-hydrogen) atoms. The van der Waals surface area contributed by atoms with E-state index in [9.17, 15) is 10.1 Å². The zero-order valence-electron chi connectivity index (χ0n) is 11.8. The number of benzene rings is 1. The van der Waals surface area contributed by atoms with Crippen LogP contribution in [0.1, 0.15) is 19.4 Å². The number of aromatic nitrogens is 2. The first-order valence-electron chi connectivity index (χ1n) is 6.56. The van der Waals surface area contributed by atoms with Crippen molar-refractivity contribution < 1.29 is 0 Å². The van der Waals surface area contributed by atoms with Crippen molar-refractivity contribution in [3.63, 3.8) is 0 Å². The minimum absolute atomic E-state index is 0.0969. The van der Waals surface area contributed by atoms with Crippen LogP contribution in [0, 0.1) is 11.3 Å². The molecule has 0 bridgehead atoms. The number of rotatable bonds is 4. The fourth-order valence-corrected chi connectivity index (χ4v) is 3.02. The molecule has 1 aromatic carbocycles. The summed E-state index contributed by atoms with van der Waals surface area (Å²) in [6, 6.07) is 9.45. The SMILES string of the molecule is CCSc1nc(-c2ccc(Br)cc2)c(C#N)c(=O)n1CC. The summed E-state index contributed by atoms with van der Waals surface area (Å²) in [5.41, 5.74) is 1.05. The molecule has 0 N–H and O–H groups in total. The molecule has 2 aromatic rings. The van der Waals surface area contributed by atoms with Crippen LogP contribution in [0.5, 0.6) is 0 Å². The van der Waals surface area contributed by atoms with Gasteiger partial charge in [-0.2, -0.15) is 5.26 Å². The summed E-state index contributed by atoms with van der Waals surface area (Å²) in [6.07, 6.45) is 0. The molecule has 0 aliphatic rings. The molecule has 0 amide bonds. The first kappa shape index (κ1) is 15.8. The van der Waals surface area contributed by atoms with Crippen molar-refractivity contribution in [2.24, 2.45) is 0 Å². The van der Waals surface area contributed by atoms with Crippen molar-refractivity contribution in [1.82, 2.24) is 9.55 Å². The minimum Gasteiger partial charge on any atom is -0.287 e. The number of thioether (sulfide) groups is 1. The molecule has 0 unspecified atom stereocenters. The molecule has 0 spiro atoms. The van der Waals surface area contributed by atoms with Gasteiger partial charge in [0, 0.05) is 16.6 Å². The second kappa shape index (κ2) is 6.92. The second-order valence-corrected chi connectivity index (χ2v) is 6.37. The molecule has 1 aromatic heterocycles. The van der Waals surface area contributed by atoms with Crippen LogP contribution in [0.15, 0.2) is 38.7 Å². The van der Waals surface area contributed by atoms with Crippen LogP contribution in [-0.4, -0.2) is 15.3 Å². The third-order valence-corrected chi connectivity index (χ3v) is 4.34. The predicted octanol–water partition coefficient (Wildman–Crippen LogP) is 3.68. The molecule has 0 aliphatic carbocycles. The molecule has 0 radical (unpaired) electrons. The number of hydrogen-bond donors (Lipinski definition) is 0. The van der Waals surface area contributed by atoms with Crippen LogP contribution < -0.4 is 5.56 Å². The molecule has 4 nitrogen and oxygen atoms in total. The molecule has 108 valence electrons. The summed E-state index contributed by atoms with van der Waals surface area (Å²) in [5.74, 6) is 0.818. The van der Waals surface area contributed by atoms with Crippen LogP contribution in [0.2, 0.25) is 0 Å². The van der Waals surface area contributed by atoms with Crippen LogP contribution >= 0.6 is 27.7 Å². The Morgan fingerprint density at radius 3 is 2.52 bits per heavy atom. The summed E-state index contributed by atoms with van der Waals surface area (Å²) in [7, 11) is 0. The van der Waals surface area contributed by atoms with Gasteiger partial charge in [-0.15, -0.1) is 0 Å². The topological polar surface area (TPSA) is 58.7 Å². The zero-order chi connectivity index (χ0) is 15.4.